The number of carbonyl (C=O) groups is 1. The van der Waals surface area contributed by atoms with Crippen LogP contribution < -0.4 is 15.8 Å². The van der Waals surface area contributed by atoms with Crippen LogP contribution in [0.25, 0.3) is 11.0 Å². The summed E-state index contributed by atoms with van der Waals surface area (Å²) in [7, 11) is 1.59. The number of rotatable bonds is 5. The van der Waals surface area contributed by atoms with Gasteiger partial charge in [0.25, 0.3) is 11.5 Å². The van der Waals surface area contributed by atoms with Gasteiger partial charge >= 0.3 is 0 Å². The summed E-state index contributed by atoms with van der Waals surface area (Å²) in [5.41, 5.74) is 3.24. The monoisotopic (exact) mass is 464 g/mol. The van der Waals surface area contributed by atoms with Gasteiger partial charge in [-0.2, -0.15) is 0 Å². The van der Waals surface area contributed by atoms with E-state index in [2.05, 4.69) is 30.1 Å². The van der Waals surface area contributed by atoms with Crippen molar-refractivity contribution < 1.29 is 9.18 Å². The lowest BCUT2D eigenvalue weighted by atomic mass is 9.70. The third kappa shape index (κ3) is 4.52. The number of piperazine rings is 1. The Bertz CT molecular complexity index is 1260. The molecular weight excluding hydrogens is 435 g/mol. The van der Waals surface area contributed by atoms with Crippen LogP contribution in [0.4, 0.5) is 10.1 Å². The molecule has 3 aromatic rings. The van der Waals surface area contributed by atoms with Gasteiger partial charge in [-0.1, -0.05) is 0 Å². The Morgan fingerprint density at radius 2 is 1.94 bits per heavy atom. The third-order valence-electron chi connectivity index (χ3n) is 6.91. The van der Waals surface area contributed by atoms with Crippen molar-refractivity contribution in [2.24, 2.45) is 0 Å². The first-order valence-corrected chi connectivity index (χ1v) is 11.7. The number of alkyl halides is 1. The number of nitrogens with one attached hydrogen (secondary N) is 2. The zero-order chi connectivity index (χ0) is 23.9. The van der Waals surface area contributed by atoms with Gasteiger partial charge in [0.1, 0.15) is 11.4 Å². The lowest BCUT2D eigenvalue weighted by Crippen LogP contribution is -2.46. The maximum atomic E-state index is 13.9. The van der Waals surface area contributed by atoms with Crippen molar-refractivity contribution in [3.8, 4) is 0 Å². The molecule has 2 fully saturated rings. The molecule has 8 nitrogen and oxygen atoms in total. The van der Waals surface area contributed by atoms with Crippen LogP contribution in [0.15, 0.2) is 41.5 Å². The van der Waals surface area contributed by atoms with E-state index in [1.165, 1.54) is 0 Å². The molecule has 34 heavy (non-hydrogen) atoms. The van der Waals surface area contributed by atoms with E-state index < -0.39 is 5.67 Å². The Labute approximate surface area is 197 Å². The molecule has 1 saturated heterocycles. The maximum Gasteiger partial charge on any atom is 0.269 e. The van der Waals surface area contributed by atoms with Gasteiger partial charge in [-0.15, -0.1) is 0 Å². The van der Waals surface area contributed by atoms with Crippen molar-refractivity contribution in [1.82, 2.24) is 25.2 Å². The zero-order valence-corrected chi connectivity index (χ0v) is 19.5. The minimum Gasteiger partial charge on any atom is -0.368 e. The number of fused-ring (bicyclic) bond motifs is 1. The molecule has 2 aliphatic rings. The summed E-state index contributed by atoms with van der Waals surface area (Å²) in [6, 6.07) is 7.48. The number of aromatic amines is 1. The van der Waals surface area contributed by atoms with E-state index in [-0.39, 0.29) is 17.4 Å². The van der Waals surface area contributed by atoms with Crippen molar-refractivity contribution >= 4 is 22.6 Å². The smallest absolute Gasteiger partial charge is 0.269 e. The fraction of sp³-hybridized carbons (Fsp3) is 0.440. The average Bonchev–Trinajstić information content (AvgIpc) is 2.82. The number of hydrogen-bond donors (Lipinski definition) is 2. The standard InChI is InChI=1S/C25H29FN6O2/c1-25(26)11-17(12-25)19-10-21-22(30-23(19)33)9-16(13-28-21)15-31-5-7-32(8-6-31)18-3-4-20(29-14-18)24(34)27-2/h3-4,9-10,13-14,17H,5-8,11-12,15H2,1-2H3,(H,27,34)(H,30,33). The lowest BCUT2D eigenvalue weighted by Gasteiger charge is -2.38. The van der Waals surface area contributed by atoms with Gasteiger partial charge in [-0.25, -0.2) is 9.37 Å². The summed E-state index contributed by atoms with van der Waals surface area (Å²) in [6.45, 7) is 5.82. The predicted molar refractivity (Wildman–Crippen MR) is 129 cm³/mol. The molecule has 0 unspecified atom stereocenters. The van der Waals surface area contributed by atoms with E-state index in [1.54, 1.807) is 26.2 Å². The van der Waals surface area contributed by atoms with Gasteiger partial charge in [0.2, 0.25) is 0 Å². The first-order valence-electron chi connectivity index (χ1n) is 11.7. The van der Waals surface area contributed by atoms with Crippen molar-refractivity contribution in [1.29, 1.82) is 0 Å². The number of halogens is 1. The van der Waals surface area contributed by atoms with Crippen LogP contribution in [0.2, 0.25) is 0 Å². The van der Waals surface area contributed by atoms with Crippen LogP contribution in [0, 0.1) is 0 Å². The molecule has 1 amide bonds. The SMILES string of the molecule is CNC(=O)c1ccc(N2CCN(Cc3cnc4cc(C5CC(C)(F)C5)c(=O)[nH]c4c3)CC2)cn1. The number of amides is 1. The van der Waals surface area contributed by atoms with Gasteiger partial charge in [-0.3, -0.25) is 19.5 Å². The van der Waals surface area contributed by atoms with E-state index in [0.29, 0.717) is 24.1 Å². The van der Waals surface area contributed by atoms with Gasteiger partial charge in [-0.05, 0) is 55.5 Å². The molecule has 0 bridgehead atoms. The highest BCUT2D eigenvalue weighted by atomic mass is 19.1. The number of H-pyrrole nitrogens is 1. The van der Waals surface area contributed by atoms with Crippen molar-refractivity contribution in [2.75, 3.05) is 38.1 Å². The second kappa shape index (κ2) is 8.79. The largest absolute Gasteiger partial charge is 0.368 e. The molecule has 0 atom stereocenters. The van der Waals surface area contributed by atoms with Crippen LogP contribution in [0.5, 0.6) is 0 Å². The Morgan fingerprint density at radius 3 is 2.59 bits per heavy atom. The van der Waals surface area contributed by atoms with E-state index in [4.69, 9.17) is 0 Å². The van der Waals surface area contributed by atoms with Crippen LogP contribution in [0.3, 0.4) is 0 Å². The van der Waals surface area contributed by atoms with E-state index in [1.807, 2.05) is 24.4 Å². The summed E-state index contributed by atoms with van der Waals surface area (Å²) in [5, 5.41) is 2.58. The van der Waals surface area contributed by atoms with E-state index >= 15 is 0 Å². The highest BCUT2D eigenvalue weighted by molar-refractivity contribution is 5.92. The van der Waals surface area contributed by atoms with Gasteiger partial charge < -0.3 is 15.2 Å². The van der Waals surface area contributed by atoms with Crippen molar-refractivity contribution in [3.05, 3.63) is 63.8 Å². The molecule has 0 aromatic carbocycles. The molecule has 1 saturated carbocycles. The van der Waals surface area contributed by atoms with Crippen LogP contribution in [0.1, 0.15) is 47.3 Å². The summed E-state index contributed by atoms with van der Waals surface area (Å²) in [6.07, 6.45) is 4.38. The number of pyridine rings is 3. The topological polar surface area (TPSA) is 94.2 Å². The van der Waals surface area contributed by atoms with Crippen molar-refractivity contribution in [2.45, 2.75) is 37.9 Å². The third-order valence-corrected chi connectivity index (χ3v) is 6.91. The molecular formula is C25H29FN6O2. The Kier molecular flexibility index (Phi) is 5.81. The number of nitrogens with zero attached hydrogens (tertiary/aromatic N) is 4. The molecule has 178 valence electrons. The molecule has 0 spiro atoms. The summed E-state index contributed by atoms with van der Waals surface area (Å²) >= 11 is 0. The van der Waals surface area contributed by atoms with Crippen molar-refractivity contribution in [3.63, 3.8) is 0 Å². The second-order valence-electron chi connectivity index (χ2n) is 9.59. The number of hydrogen-bond acceptors (Lipinski definition) is 6. The normalized spacial score (nSPS) is 23.0. The van der Waals surface area contributed by atoms with Crippen LogP contribution in [-0.4, -0.2) is 64.7 Å². The Balaban J connectivity index is 1.21. The molecule has 9 heteroatoms. The molecule has 0 radical (unpaired) electrons. The summed E-state index contributed by atoms with van der Waals surface area (Å²) in [4.78, 5) is 40.7. The van der Waals surface area contributed by atoms with Crippen LogP contribution in [-0.2, 0) is 6.54 Å². The minimum absolute atomic E-state index is 0.0314. The molecule has 5 rings (SSSR count). The summed E-state index contributed by atoms with van der Waals surface area (Å²) in [5.74, 6) is -0.222. The first-order chi connectivity index (χ1) is 16.3. The second-order valence-corrected chi connectivity index (χ2v) is 9.59. The molecule has 3 aromatic heterocycles. The fourth-order valence-corrected chi connectivity index (χ4v) is 4.98. The summed E-state index contributed by atoms with van der Waals surface area (Å²) < 4.78 is 13.9. The minimum atomic E-state index is -1.17. The lowest BCUT2D eigenvalue weighted by molar-refractivity contribution is 0.0611. The number of anilines is 1. The highest BCUT2D eigenvalue weighted by Crippen LogP contribution is 2.46. The Hall–Kier alpha value is -3.33. The first kappa shape index (κ1) is 22.5. The van der Waals surface area contributed by atoms with Gasteiger partial charge in [0.15, 0.2) is 0 Å². The Morgan fingerprint density at radius 1 is 1.18 bits per heavy atom. The van der Waals surface area contributed by atoms with Gasteiger partial charge in [0.05, 0.1) is 22.9 Å². The molecule has 1 aliphatic carbocycles. The maximum absolute atomic E-state index is 13.9. The number of carbonyl (C=O) groups excluding carboxylic acids is 1. The van der Waals surface area contributed by atoms with E-state index in [0.717, 1.165) is 55.0 Å². The number of aromatic nitrogens is 3. The van der Waals surface area contributed by atoms with Gasteiger partial charge in [0, 0.05) is 51.5 Å². The molecule has 2 N–H and O–H groups in total. The fourth-order valence-electron chi connectivity index (χ4n) is 4.98. The highest BCUT2D eigenvalue weighted by Gasteiger charge is 2.42. The van der Waals surface area contributed by atoms with Crippen LogP contribution >= 0.6 is 0 Å². The predicted octanol–water partition coefficient (Wildman–Crippen LogP) is 2.61. The zero-order valence-electron chi connectivity index (χ0n) is 19.5. The molecule has 1 aliphatic heterocycles. The quantitative estimate of drug-likeness (QED) is 0.603. The van der Waals surface area contributed by atoms with E-state index in [9.17, 15) is 14.0 Å². The molecule has 4 heterocycles. The average molecular weight is 465 g/mol.